The molecule has 0 spiro atoms. The van der Waals surface area contributed by atoms with Gasteiger partial charge in [-0.3, -0.25) is 4.79 Å². The first-order valence-electron chi connectivity index (χ1n) is 8.83. The van der Waals surface area contributed by atoms with E-state index in [1.807, 2.05) is 54.6 Å². The van der Waals surface area contributed by atoms with Crippen LogP contribution >= 0.6 is 0 Å². The Labute approximate surface area is 154 Å². The molecule has 0 unspecified atom stereocenters. The summed E-state index contributed by atoms with van der Waals surface area (Å²) in [6.45, 7) is 4.30. The van der Waals surface area contributed by atoms with E-state index in [-0.39, 0.29) is 5.91 Å². The predicted molar refractivity (Wildman–Crippen MR) is 105 cm³/mol. The Morgan fingerprint density at radius 3 is 2.15 bits per heavy atom. The molecule has 4 heteroatoms. The molecule has 3 rings (SSSR count). The highest BCUT2D eigenvalue weighted by Gasteiger charge is 2.10. The van der Waals surface area contributed by atoms with Gasteiger partial charge in [-0.15, -0.1) is 0 Å². The van der Waals surface area contributed by atoms with Crippen molar-refractivity contribution in [1.82, 2.24) is 10.3 Å². The number of benzene rings is 2. The number of carbonyl (C=O) groups excluding carboxylic acids is 1. The van der Waals surface area contributed by atoms with Gasteiger partial charge in [0.15, 0.2) is 0 Å². The highest BCUT2D eigenvalue weighted by molar-refractivity contribution is 5.92. The van der Waals surface area contributed by atoms with E-state index in [1.54, 1.807) is 12.3 Å². The Hall–Kier alpha value is -3.14. The van der Waals surface area contributed by atoms with Crippen LogP contribution in [0.2, 0.25) is 0 Å². The molecule has 0 saturated carbocycles. The van der Waals surface area contributed by atoms with Gasteiger partial charge in [0.2, 0.25) is 0 Å². The van der Waals surface area contributed by atoms with E-state index in [1.165, 1.54) is 5.56 Å². The van der Waals surface area contributed by atoms with E-state index in [2.05, 4.69) is 34.3 Å². The first kappa shape index (κ1) is 17.7. The lowest BCUT2D eigenvalue weighted by atomic mass is 10.2. The molecule has 0 atom stereocenters. The summed E-state index contributed by atoms with van der Waals surface area (Å²) in [5.74, 6) is -0.161. The van der Waals surface area contributed by atoms with Crippen LogP contribution in [0, 0.1) is 0 Å². The third-order valence-electron chi connectivity index (χ3n) is 4.24. The molecule has 1 heterocycles. The maximum absolute atomic E-state index is 12.3. The van der Waals surface area contributed by atoms with E-state index < -0.39 is 0 Å². The zero-order valence-electron chi connectivity index (χ0n) is 14.9. The summed E-state index contributed by atoms with van der Waals surface area (Å²) >= 11 is 0. The number of rotatable bonds is 7. The molecule has 26 heavy (non-hydrogen) atoms. The average molecular weight is 345 g/mol. The molecule has 1 aromatic heterocycles. The van der Waals surface area contributed by atoms with Gasteiger partial charge in [0.1, 0.15) is 5.69 Å². The van der Waals surface area contributed by atoms with Gasteiger partial charge in [0.25, 0.3) is 5.91 Å². The van der Waals surface area contributed by atoms with Gasteiger partial charge in [-0.25, -0.2) is 4.98 Å². The second-order valence-electron chi connectivity index (χ2n) is 6.07. The maximum Gasteiger partial charge on any atom is 0.270 e. The van der Waals surface area contributed by atoms with Crippen molar-refractivity contribution in [1.29, 1.82) is 0 Å². The minimum absolute atomic E-state index is 0.161. The molecule has 1 amide bonds. The van der Waals surface area contributed by atoms with Gasteiger partial charge in [0.05, 0.1) is 11.9 Å². The van der Waals surface area contributed by atoms with Gasteiger partial charge in [-0.1, -0.05) is 60.7 Å². The van der Waals surface area contributed by atoms with Crippen LogP contribution in [0.15, 0.2) is 79.0 Å². The van der Waals surface area contributed by atoms with Crippen molar-refractivity contribution >= 4 is 11.6 Å². The van der Waals surface area contributed by atoms with Crippen LogP contribution < -0.4 is 10.2 Å². The molecule has 4 nitrogen and oxygen atoms in total. The van der Waals surface area contributed by atoms with Gasteiger partial charge >= 0.3 is 0 Å². The lowest BCUT2D eigenvalue weighted by Crippen LogP contribution is -2.25. The first-order valence-corrected chi connectivity index (χ1v) is 8.83. The molecule has 2 aromatic carbocycles. The number of nitrogens with one attached hydrogen (secondary N) is 1. The number of aromatic nitrogens is 1. The third-order valence-corrected chi connectivity index (χ3v) is 4.24. The fourth-order valence-corrected chi connectivity index (χ4v) is 2.77. The molecule has 1 N–H and O–H groups in total. The van der Waals surface area contributed by atoms with Gasteiger partial charge in [0, 0.05) is 19.6 Å². The topological polar surface area (TPSA) is 45.2 Å². The highest BCUT2D eigenvalue weighted by atomic mass is 16.1. The summed E-state index contributed by atoms with van der Waals surface area (Å²) in [5, 5.41) is 2.90. The number of nitrogens with zero attached hydrogens (tertiary/aromatic N) is 2. The van der Waals surface area contributed by atoms with E-state index in [0.29, 0.717) is 12.2 Å². The molecule has 0 fully saturated rings. The Balaban J connectivity index is 1.62. The highest BCUT2D eigenvalue weighted by Crippen LogP contribution is 2.16. The standard InChI is InChI=1S/C22H23N3O/c1-2-25(17-19-11-7-4-8-12-19)20-13-14-21(23-16-20)22(26)24-15-18-9-5-3-6-10-18/h3-14,16H,2,15,17H2,1H3,(H,24,26). The summed E-state index contributed by atoms with van der Waals surface area (Å²) in [5.41, 5.74) is 3.76. The maximum atomic E-state index is 12.3. The molecular formula is C22H23N3O. The molecule has 0 aliphatic carbocycles. The lowest BCUT2D eigenvalue weighted by Gasteiger charge is -2.23. The van der Waals surface area contributed by atoms with E-state index >= 15 is 0 Å². The fraction of sp³-hybridized carbons (Fsp3) is 0.182. The van der Waals surface area contributed by atoms with Gasteiger partial charge in [-0.2, -0.15) is 0 Å². The second kappa shape index (κ2) is 8.81. The quantitative estimate of drug-likeness (QED) is 0.703. The summed E-state index contributed by atoms with van der Waals surface area (Å²) in [7, 11) is 0. The van der Waals surface area contributed by atoms with Crippen LogP contribution in [-0.2, 0) is 13.1 Å². The average Bonchev–Trinajstić information content (AvgIpc) is 2.72. The SMILES string of the molecule is CCN(Cc1ccccc1)c1ccc(C(=O)NCc2ccccc2)nc1. The largest absolute Gasteiger partial charge is 0.366 e. The normalized spacial score (nSPS) is 10.3. The Bertz CT molecular complexity index is 817. The van der Waals surface area contributed by atoms with Crippen molar-refractivity contribution in [3.8, 4) is 0 Å². The number of amides is 1. The van der Waals surface area contributed by atoms with Crippen LogP contribution in [0.4, 0.5) is 5.69 Å². The lowest BCUT2D eigenvalue weighted by molar-refractivity contribution is 0.0946. The van der Waals surface area contributed by atoms with Crippen molar-refractivity contribution in [3.63, 3.8) is 0 Å². The Kier molecular flexibility index (Phi) is 5.99. The smallest absolute Gasteiger partial charge is 0.270 e. The molecule has 0 saturated heterocycles. The molecule has 0 aliphatic rings. The van der Waals surface area contributed by atoms with Gasteiger partial charge in [-0.05, 0) is 30.2 Å². The molecule has 132 valence electrons. The first-order chi connectivity index (χ1) is 12.8. The number of hydrogen-bond acceptors (Lipinski definition) is 3. The predicted octanol–water partition coefficient (Wildman–Crippen LogP) is 4.04. The van der Waals surface area contributed by atoms with Crippen molar-refractivity contribution in [3.05, 3.63) is 95.8 Å². The molecular weight excluding hydrogens is 322 g/mol. The van der Waals surface area contributed by atoms with Gasteiger partial charge < -0.3 is 10.2 Å². The summed E-state index contributed by atoms with van der Waals surface area (Å²) in [4.78, 5) is 18.9. The summed E-state index contributed by atoms with van der Waals surface area (Å²) in [6, 6.07) is 23.9. The fourth-order valence-electron chi connectivity index (χ4n) is 2.77. The summed E-state index contributed by atoms with van der Waals surface area (Å²) in [6.07, 6.45) is 1.77. The van der Waals surface area contributed by atoms with Crippen LogP contribution in [0.1, 0.15) is 28.5 Å². The molecule has 0 aliphatic heterocycles. The van der Waals surface area contributed by atoms with Crippen LogP contribution in [0.3, 0.4) is 0 Å². The number of carbonyl (C=O) groups is 1. The second-order valence-corrected chi connectivity index (χ2v) is 6.07. The van der Waals surface area contributed by atoms with Crippen LogP contribution in [0.5, 0.6) is 0 Å². The minimum Gasteiger partial charge on any atom is -0.366 e. The minimum atomic E-state index is -0.161. The Morgan fingerprint density at radius 2 is 1.58 bits per heavy atom. The monoisotopic (exact) mass is 345 g/mol. The number of anilines is 1. The molecule has 3 aromatic rings. The van der Waals surface area contributed by atoms with Crippen molar-refractivity contribution in [2.24, 2.45) is 0 Å². The molecule has 0 bridgehead atoms. The van der Waals surface area contributed by atoms with Crippen molar-refractivity contribution in [2.75, 3.05) is 11.4 Å². The number of pyridine rings is 1. The van der Waals surface area contributed by atoms with E-state index in [4.69, 9.17) is 0 Å². The van der Waals surface area contributed by atoms with E-state index in [9.17, 15) is 4.79 Å². The van der Waals surface area contributed by atoms with Crippen molar-refractivity contribution < 1.29 is 4.79 Å². The van der Waals surface area contributed by atoms with E-state index in [0.717, 1.165) is 24.3 Å². The molecule has 0 radical (unpaired) electrons. The zero-order chi connectivity index (χ0) is 18.2. The van der Waals surface area contributed by atoms with Crippen LogP contribution in [0.25, 0.3) is 0 Å². The van der Waals surface area contributed by atoms with Crippen LogP contribution in [-0.4, -0.2) is 17.4 Å². The van der Waals surface area contributed by atoms with Crippen molar-refractivity contribution in [2.45, 2.75) is 20.0 Å². The number of hydrogen-bond donors (Lipinski definition) is 1. The zero-order valence-corrected chi connectivity index (χ0v) is 14.9. The Morgan fingerprint density at radius 1 is 0.923 bits per heavy atom. The summed E-state index contributed by atoms with van der Waals surface area (Å²) < 4.78 is 0. The third kappa shape index (κ3) is 4.70.